The number of aryl methyl sites for hydroxylation is 1. The normalized spacial score (nSPS) is 15.0. The van der Waals surface area contributed by atoms with E-state index < -0.39 is 11.4 Å². The fourth-order valence-electron chi connectivity index (χ4n) is 4.79. The van der Waals surface area contributed by atoms with E-state index in [4.69, 9.17) is 9.92 Å². The van der Waals surface area contributed by atoms with Gasteiger partial charge < -0.3 is 20.1 Å². The molecule has 2 N–H and O–H groups in total. The summed E-state index contributed by atoms with van der Waals surface area (Å²) in [5, 5.41) is 5.40. The van der Waals surface area contributed by atoms with Gasteiger partial charge in [-0.15, -0.1) is 0 Å². The number of para-hydroxylation sites is 1. The lowest BCUT2D eigenvalue weighted by Gasteiger charge is -2.38. The van der Waals surface area contributed by atoms with Crippen LogP contribution < -0.4 is 15.5 Å². The molecule has 10 heteroatoms. The Kier molecular flexibility index (Phi) is 7.01. The fourth-order valence-corrected chi connectivity index (χ4v) is 5.02. The molecule has 0 bridgehead atoms. The van der Waals surface area contributed by atoms with Crippen molar-refractivity contribution in [3.63, 3.8) is 0 Å². The standard InChI is InChI=1S/C26H28FN5O3S/c1-18-22-9-10-24(25(27)26(22)32(29-18)21-7-4-5-19(15-21)16-28)31-13-11-30(12-14-31)23-8-3-2-6-20(23)17-35-36(33)34/h2-10,15H,11-14,16-17,28H2,1H3,(H,33,34)/p-1. The second-order valence-electron chi connectivity index (χ2n) is 8.74. The summed E-state index contributed by atoms with van der Waals surface area (Å²) in [7, 11) is 0. The zero-order chi connectivity index (χ0) is 25.2. The summed E-state index contributed by atoms with van der Waals surface area (Å²) in [6.07, 6.45) is 0. The molecule has 2 heterocycles. The molecule has 0 amide bonds. The van der Waals surface area contributed by atoms with E-state index in [1.807, 2.05) is 72.5 Å². The van der Waals surface area contributed by atoms with Crippen molar-refractivity contribution in [1.29, 1.82) is 0 Å². The number of benzene rings is 3. The topological polar surface area (TPSA) is 99.7 Å². The lowest BCUT2D eigenvalue weighted by molar-refractivity contribution is 0.291. The van der Waals surface area contributed by atoms with E-state index in [-0.39, 0.29) is 12.4 Å². The quantitative estimate of drug-likeness (QED) is 0.381. The number of nitrogens with zero attached hydrogens (tertiary/aromatic N) is 4. The van der Waals surface area contributed by atoms with E-state index >= 15 is 4.39 Å². The minimum Gasteiger partial charge on any atom is -0.750 e. The molecule has 1 atom stereocenters. The molecule has 1 aliphatic rings. The van der Waals surface area contributed by atoms with Crippen molar-refractivity contribution >= 4 is 33.6 Å². The molecule has 0 radical (unpaired) electrons. The third-order valence-electron chi connectivity index (χ3n) is 6.60. The average Bonchev–Trinajstić information content (AvgIpc) is 3.25. The third-order valence-corrected chi connectivity index (χ3v) is 6.91. The van der Waals surface area contributed by atoms with Crippen molar-refractivity contribution in [2.75, 3.05) is 36.0 Å². The number of halogens is 1. The van der Waals surface area contributed by atoms with E-state index in [2.05, 4.69) is 10.00 Å². The van der Waals surface area contributed by atoms with Crippen molar-refractivity contribution < 1.29 is 17.3 Å². The number of hydrogen-bond acceptors (Lipinski definition) is 7. The van der Waals surface area contributed by atoms with Crippen molar-refractivity contribution in [3.05, 3.63) is 83.3 Å². The van der Waals surface area contributed by atoms with Gasteiger partial charge in [-0.1, -0.05) is 30.3 Å². The Balaban J connectivity index is 1.41. The maximum Gasteiger partial charge on any atom is 0.172 e. The summed E-state index contributed by atoms with van der Waals surface area (Å²) >= 11 is -2.57. The smallest absolute Gasteiger partial charge is 0.172 e. The highest BCUT2D eigenvalue weighted by molar-refractivity contribution is 7.74. The summed E-state index contributed by atoms with van der Waals surface area (Å²) < 4.78 is 44.2. The number of fused-ring (bicyclic) bond motifs is 1. The first-order chi connectivity index (χ1) is 17.5. The van der Waals surface area contributed by atoms with Crippen LogP contribution in [-0.2, 0) is 28.7 Å². The van der Waals surface area contributed by atoms with Crippen LogP contribution in [0.15, 0.2) is 60.7 Å². The number of hydrogen-bond donors (Lipinski definition) is 1. The molecule has 188 valence electrons. The third kappa shape index (κ3) is 4.72. The van der Waals surface area contributed by atoms with Crippen LogP contribution in [0, 0.1) is 12.7 Å². The predicted molar refractivity (Wildman–Crippen MR) is 138 cm³/mol. The van der Waals surface area contributed by atoms with Crippen LogP contribution in [0.5, 0.6) is 0 Å². The van der Waals surface area contributed by atoms with E-state index in [1.165, 1.54) is 0 Å². The Bertz CT molecular complexity index is 1420. The molecule has 1 saturated heterocycles. The summed E-state index contributed by atoms with van der Waals surface area (Å²) in [5.41, 5.74) is 11.0. The van der Waals surface area contributed by atoms with Crippen molar-refractivity contribution in [2.45, 2.75) is 20.1 Å². The SMILES string of the molecule is Cc1nn(-c2cccc(CN)c2)c2c(F)c(N3CCN(c4ccccc4COS(=O)[O-])CC3)ccc12. The molecule has 0 saturated carbocycles. The number of aromatic nitrogens is 2. The maximum atomic E-state index is 16.0. The van der Waals surface area contributed by atoms with Crippen LogP contribution in [0.3, 0.4) is 0 Å². The first-order valence-electron chi connectivity index (χ1n) is 11.7. The van der Waals surface area contributed by atoms with Crippen LogP contribution in [0.2, 0.25) is 0 Å². The Morgan fingerprint density at radius 3 is 2.47 bits per heavy atom. The molecule has 5 rings (SSSR count). The summed E-state index contributed by atoms with van der Waals surface area (Å²) in [6.45, 7) is 4.80. The predicted octanol–water partition coefficient (Wildman–Crippen LogP) is 3.57. The van der Waals surface area contributed by atoms with Gasteiger partial charge in [-0.05, 0) is 42.8 Å². The van der Waals surface area contributed by atoms with Gasteiger partial charge in [0.2, 0.25) is 0 Å². The molecule has 1 aromatic heterocycles. The molecule has 1 aliphatic heterocycles. The number of anilines is 2. The van der Waals surface area contributed by atoms with Crippen molar-refractivity contribution in [2.24, 2.45) is 5.73 Å². The molecule has 4 aromatic rings. The number of piperazine rings is 1. The van der Waals surface area contributed by atoms with Gasteiger partial charge in [0, 0.05) is 49.4 Å². The molecular weight excluding hydrogens is 481 g/mol. The van der Waals surface area contributed by atoms with Gasteiger partial charge in [0.15, 0.2) is 5.82 Å². The van der Waals surface area contributed by atoms with Gasteiger partial charge >= 0.3 is 0 Å². The minimum absolute atomic E-state index is 0.0213. The Labute approximate surface area is 211 Å². The molecule has 0 aliphatic carbocycles. The molecule has 1 unspecified atom stereocenters. The molecular formula is C26H27FN5O3S-. The Morgan fingerprint density at radius 1 is 1.03 bits per heavy atom. The number of nitrogens with two attached hydrogens (primary N) is 1. The molecule has 36 heavy (non-hydrogen) atoms. The van der Waals surface area contributed by atoms with Crippen molar-refractivity contribution in [3.8, 4) is 5.69 Å². The van der Waals surface area contributed by atoms with Gasteiger partial charge in [0.1, 0.15) is 5.52 Å². The van der Waals surface area contributed by atoms with Crippen LogP contribution in [0.25, 0.3) is 16.6 Å². The molecule has 8 nitrogen and oxygen atoms in total. The zero-order valence-corrected chi connectivity index (χ0v) is 20.7. The largest absolute Gasteiger partial charge is 0.750 e. The monoisotopic (exact) mass is 508 g/mol. The van der Waals surface area contributed by atoms with Crippen molar-refractivity contribution in [1.82, 2.24) is 9.78 Å². The fraction of sp³-hybridized carbons (Fsp3) is 0.269. The van der Waals surface area contributed by atoms with Gasteiger partial charge in [-0.3, -0.25) is 4.18 Å². The highest BCUT2D eigenvalue weighted by Crippen LogP contribution is 2.32. The summed E-state index contributed by atoms with van der Waals surface area (Å²) in [4.78, 5) is 4.21. The Morgan fingerprint density at radius 2 is 1.75 bits per heavy atom. The van der Waals surface area contributed by atoms with E-state index in [9.17, 15) is 8.76 Å². The van der Waals surface area contributed by atoms with Crippen LogP contribution in [0.1, 0.15) is 16.8 Å². The Hall–Kier alpha value is -3.31. The zero-order valence-electron chi connectivity index (χ0n) is 19.9. The van der Waals surface area contributed by atoms with E-state index in [0.717, 1.165) is 33.6 Å². The van der Waals surface area contributed by atoms with Crippen LogP contribution >= 0.6 is 0 Å². The number of rotatable bonds is 7. The van der Waals surface area contributed by atoms with E-state index in [1.54, 1.807) is 4.68 Å². The lowest BCUT2D eigenvalue weighted by Crippen LogP contribution is -2.47. The van der Waals surface area contributed by atoms with Crippen LogP contribution in [0.4, 0.5) is 15.8 Å². The second-order valence-corrected chi connectivity index (χ2v) is 9.38. The molecule has 3 aromatic carbocycles. The highest BCUT2D eigenvalue weighted by Gasteiger charge is 2.24. The molecule has 0 spiro atoms. The molecule has 1 fully saturated rings. The van der Waals surface area contributed by atoms with E-state index in [0.29, 0.717) is 43.9 Å². The highest BCUT2D eigenvalue weighted by atomic mass is 32.2. The van der Waals surface area contributed by atoms with Gasteiger partial charge in [0.05, 0.1) is 35.0 Å². The van der Waals surface area contributed by atoms with Crippen LogP contribution in [-0.4, -0.2) is 44.7 Å². The summed E-state index contributed by atoms with van der Waals surface area (Å²) in [5.74, 6) is -0.300. The van der Waals surface area contributed by atoms with Gasteiger partial charge in [-0.25, -0.2) is 13.3 Å². The average molecular weight is 509 g/mol. The van der Waals surface area contributed by atoms with Gasteiger partial charge in [0.25, 0.3) is 0 Å². The minimum atomic E-state index is -2.57. The maximum absolute atomic E-state index is 16.0. The second kappa shape index (κ2) is 10.4. The lowest BCUT2D eigenvalue weighted by atomic mass is 10.1. The summed E-state index contributed by atoms with van der Waals surface area (Å²) in [6, 6.07) is 19.0. The first kappa shape index (κ1) is 24.4. The first-order valence-corrected chi connectivity index (χ1v) is 12.7. The van der Waals surface area contributed by atoms with Gasteiger partial charge in [-0.2, -0.15) is 5.10 Å².